The molecule has 0 amide bonds. The van der Waals surface area contributed by atoms with Crippen LogP contribution in [0, 0.1) is 26.7 Å². The molecule has 0 saturated heterocycles. The molecule has 0 aliphatic heterocycles. The molecule has 0 aliphatic carbocycles. The van der Waals surface area contributed by atoms with Gasteiger partial charge in [-0.15, -0.1) is 12.8 Å². The summed E-state index contributed by atoms with van der Waals surface area (Å²) in [4.78, 5) is 10.6. The predicted octanol–water partition coefficient (Wildman–Crippen LogP) is 3.34. The largest absolute Gasteiger partial charge is 0.497 e. The number of carboxylic acids is 1. The third kappa shape index (κ3) is 10.3. The van der Waals surface area contributed by atoms with E-state index in [0.717, 1.165) is 4.31 Å². The molecule has 1 N–H and O–H groups in total. The summed E-state index contributed by atoms with van der Waals surface area (Å²) < 4.78 is 36.4. The number of nitrogens with zero attached hydrogens (tertiary/aromatic N) is 1. The molecular formula is C20H35NO6S. The number of carbonyl (C=O) groups is 1. The van der Waals surface area contributed by atoms with E-state index < -0.39 is 22.6 Å². The van der Waals surface area contributed by atoms with Crippen LogP contribution in [0.1, 0.15) is 38.8 Å². The van der Waals surface area contributed by atoms with Crippen molar-refractivity contribution in [2.75, 3.05) is 33.9 Å². The second-order valence-corrected chi connectivity index (χ2v) is 6.84. The summed E-state index contributed by atoms with van der Waals surface area (Å²) in [5, 5.41) is 8.47. The molecular weight excluding hydrogens is 382 g/mol. The van der Waals surface area contributed by atoms with E-state index in [4.69, 9.17) is 14.6 Å². The maximum atomic E-state index is 12.6. The molecule has 0 aromatic heterocycles. The summed E-state index contributed by atoms with van der Waals surface area (Å²) >= 11 is 0. The fourth-order valence-corrected chi connectivity index (χ4v) is 3.62. The van der Waals surface area contributed by atoms with E-state index >= 15 is 0 Å². The van der Waals surface area contributed by atoms with Crippen LogP contribution in [0.15, 0.2) is 17.0 Å². The van der Waals surface area contributed by atoms with Gasteiger partial charge in [0.05, 0.1) is 18.6 Å². The number of sulfonamides is 1. The molecule has 0 radical (unpaired) electrons. The van der Waals surface area contributed by atoms with E-state index in [-0.39, 0.29) is 18.0 Å². The van der Waals surface area contributed by atoms with E-state index in [1.54, 1.807) is 26.0 Å². The highest BCUT2D eigenvalue weighted by atomic mass is 32.2. The number of aliphatic carboxylic acids is 1. The van der Waals surface area contributed by atoms with Crippen LogP contribution < -0.4 is 4.74 Å². The Morgan fingerprint density at radius 3 is 1.89 bits per heavy atom. The van der Waals surface area contributed by atoms with E-state index in [1.165, 1.54) is 14.2 Å². The van der Waals surface area contributed by atoms with Gasteiger partial charge < -0.3 is 14.6 Å². The fourth-order valence-electron chi connectivity index (χ4n) is 2.06. The minimum Gasteiger partial charge on any atom is -0.497 e. The highest BCUT2D eigenvalue weighted by molar-refractivity contribution is 7.89. The maximum Gasteiger partial charge on any atom is 0.329 e. The zero-order valence-corrected chi connectivity index (χ0v) is 19.1. The lowest BCUT2D eigenvalue weighted by Crippen LogP contribution is -2.31. The second-order valence-electron chi connectivity index (χ2n) is 4.86. The first-order chi connectivity index (χ1) is 13.2. The van der Waals surface area contributed by atoms with E-state index in [9.17, 15) is 13.2 Å². The van der Waals surface area contributed by atoms with Crippen molar-refractivity contribution in [2.45, 2.75) is 46.4 Å². The van der Waals surface area contributed by atoms with Crippen molar-refractivity contribution in [1.29, 1.82) is 0 Å². The Morgan fingerprint density at radius 2 is 1.54 bits per heavy atom. The van der Waals surface area contributed by atoms with Gasteiger partial charge in [-0.2, -0.15) is 4.31 Å². The molecule has 0 unspecified atom stereocenters. The molecule has 0 bridgehead atoms. The van der Waals surface area contributed by atoms with Crippen molar-refractivity contribution in [1.82, 2.24) is 4.31 Å². The minimum atomic E-state index is -3.68. The molecule has 1 aromatic rings. The third-order valence-corrected chi connectivity index (χ3v) is 5.28. The van der Waals surface area contributed by atoms with Gasteiger partial charge in [0.2, 0.25) is 10.0 Å². The van der Waals surface area contributed by atoms with Gasteiger partial charge in [0.1, 0.15) is 12.4 Å². The van der Waals surface area contributed by atoms with E-state index in [2.05, 4.69) is 12.8 Å². The Labute approximate surface area is 170 Å². The normalized spacial score (nSPS) is 9.68. The van der Waals surface area contributed by atoms with Gasteiger partial charge in [0, 0.05) is 13.6 Å². The van der Waals surface area contributed by atoms with Crippen molar-refractivity contribution >= 4 is 16.0 Å². The lowest BCUT2D eigenvalue weighted by Gasteiger charge is -2.20. The van der Waals surface area contributed by atoms with Crippen LogP contribution in [0.5, 0.6) is 5.75 Å². The number of hydrogen-bond acceptors (Lipinski definition) is 5. The number of methoxy groups -OCH3 is 1. The Hall–Kier alpha value is -2.08. The van der Waals surface area contributed by atoms with E-state index in [0.29, 0.717) is 16.9 Å². The van der Waals surface area contributed by atoms with Crippen molar-refractivity contribution in [2.24, 2.45) is 0 Å². The average molecular weight is 418 g/mol. The van der Waals surface area contributed by atoms with Crippen molar-refractivity contribution in [3.8, 4) is 18.6 Å². The lowest BCUT2D eigenvalue weighted by molar-refractivity contribution is -0.142. The lowest BCUT2D eigenvalue weighted by atomic mass is 10.1. The molecule has 0 fully saturated rings. The number of aryl methyl sites for hydroxylation is 2. The Balaban J connectivity index is -0.000000946. The summed E-state index contributed by atoms with van der Waals surface area (Å²) in [5.41, 5.74) is 1.19. The first-order valence-corrected chi connectivity index (χ1v) is 10.4. The number of hydrogen-bond donors (Lipinski definition) is 1. The van der Waals surface area contributed by atoms with E-state index in [1.807, 2.05) is 27.7 Å². The summed E-state index contributed by atoms with van der Waals surface area (Å²) in [7, 11) is -0.720. The van der Waals surface area contributed by atoms with Crippen LogP contribution in [-0.2, 0) is 19.6 Å². The minimum absolute atomic E-state index is 0.0102. The van der Waals surface area contributed by atoms with Gasteiger partial charge >= 0.3 is 5.97 Å². The molecule has 0 saturated carbocycles. The highest BCUT2D eigenvalue weighted by Crippen LogP contribution is 2.27. The number of rotatable bonds is 8. The molecule has 0 aliphatic rings. The summed E-state index contributed by atoms with van der Waals surface area (Å²) in [6, 6.07) is 3.32. The SMILES string of the molecule is C#C.CC.CC.COc1cc(C)c(S(=O)(=O)N(C)CCOCC(=O)O)c(C)c1. The van der Waals surface area contributed by atoms with Crippen LogP contribution >= 0.6 is 0 Å². The molecule has 0 spiro atoms. The zero-order chi connectivity index (χ0) is 22.9. The molecule has 1 rings (SSSR count). The molecule has 0 atom stereocenters. The van der Waals surface area contributed by atoms with Gasteiger partial charge in [-0.3, -0.25) is 0 Å². The first kappa shape index (κ1) is 30.6. The van der Waals surface area contributed by atoms with Gasteiger partial charge in [0.15, 0.2) is 0 Å². The molecule has 162 valence electrons. The Morgan fingerprint density at radius 1 is 1.11 bits per heavy atom. The van der Waals surface area contributed by atoms with Crippen molar-refractivity contribution in [3.63, 3.8) is 0 Å². The zero-order valence-electron chi connectivity index (χ0n) is 18.3. The fraction of sp³-hybridized carbons (Fsp3) is 0.550. The van der Waals surface area contributed by atoms with Crippen LogP contribution in [0.4, 0.5) is 0 Å². The number of carboxylic acid groups (broad SMARTS) is 1. The van der Waals surface area contributed by atoms with Crippen molar-refractivity contribution in [3.05, 3.63) is 23.3 Å². The molecule has 7 nitrogen and oxygen atoms in total. The quantitative estimate of drug-likeness (QED) is 0.515. The third-order valence-electron chi connectivity index (χ3n) is 3.11. The number of benzene rings is 1. The van der Waals surface area contributed by atoms with Crippen LogP contribution in [0.25, 0.3) is 0 Å². The van der Waals surface area contributed by atoms with Crippen LogP contribution in [-0.4, -0.2) is 57.7 Å². The first-order valence-electron chi connectivity index (χ1n) is 8.94. The maximum absolute atomic E-state index is 12.6. The van der Waals surface area contributed by atoms with Crippen LogP contribution in [0.3, 0.4) is 0 Å². The predicted molar refractivity (Wildman–Crippen MR) is 113 cm³/mol. The summed E-state index contributed by atoms with van der Waals surface area (Å²) in [6.45, 7) is 11.0. The second kappa shape index (κ2) is 17.0. The smallest absolute Gasteiger partial charge is 0.329 e. The molecule has 8 heteroatoms. The Kier molecular flexibility index (Phi) is 18.7. The van der Waals surface area contributed by atoms with Crippen LogP contribution in [0.2, 0.25) is 0 Å². The van der Waals surface area contributed by atoms with Crippen molar-refractivity contribution < 1.29 is 27.8 Å². The monoisotopic (exact) mass is 417 g/mol. The summed E-state index contributed by atoms with van der Waals surface area (Å²) in [6.07, 6.45) is 8.00. The van der Waals surface area contributed by atoms with Gasteiger partial charge in [-0.05, 0) is 37.1 Å². The average Bonchev–Trinajstić information content (AvgIpc) is 2.68. The molecule has 28 heavy (non-hydrogen) atoms. The van der Waals surface area contributed by atoms with Gasteiger partial charge in [-0.25, -0.2) is 13.2 Å². The summed E-state index contributed by atoms with van der Waals surface area (Å²) in [5.74, 6) is -0.492. The number of terminal acetylenes is 1. The molecule has 0 heterocycles. The number of likely N-dealkylation sites (N-methyl/N-ethyl adjacent to an activating group) is 1. The molecule has 1 aromatic carbocycles. The highest BCUT2D eigenvalue weighted by Gasteiger charge is 2.25. The Bertz CT molecular complexity index is 660. The topological polar surface area (TPSA) is 93.1 Å². The van der Waals surface area contributed by atoms with Gasteiger partial charge in [-0.1, -0.05) is 27.7 Å². The van der Waals surface area contributed by atoms with Gasteiger partial charge in [0.25, 0.3) is 0 Å². The standard InChI is InChI=1S/C14H21NO6S.2C2H6.C2H2/c1-10-7-12(20-4)8-11(2)14(10)22(18,19)15(3)5-6-21-9-13(16)17;3*1-2/h7-8H,5-6,9H2,1-4H3,(H,16,17);2*1-2H3;1-2H. The number of ether oxygens (including phenoxy) is 2.